The van der Waals surface area contributed by atoms with Gasteiger partial charge in [0.2, 0.25) is 5.56 Å². The first kappa shape index (κ1) is 15.6. The standard InChI is InChI=1S/C17H21N3O3/c1-17(10-21,12-6-7-12)20-16(23)18-9-11-8-15(22)19-14-5-3-2-4-13(11)14/h2-5,8,12,21H,6-7,9-10H2,1H3,(H,19,22)(H2,18,20,23). The first-order chi connectivity index (χ1) is 11.0. The van der Waals surface area contributed by atoms with Gasteiger partial charge in [-0.25, -0.2) is 4.79 Å². The summed E-state index contributed by atoms with van der Waals surface area (Å²) < 4.78 is 0. The lowest BCUT2D eigenvalue weighted by Crippen LogP contribution is -2.53. The molecule has 1 saturated carbocycles. The summed E-state index contributed by atoms with van der Waals surface area (Å²) in [6, 6.07) is 8.63. The van der Waals surface area contributed by atoms with Crippen molar-refractivity contribution in [1.29, 1.82) is 0 Å². The van der Waals surface area contributed by atoms with Crippen molar-refractivity contribution >= 4 is 16.9 Å². The van der Waals surface area contributed by atoms with Crippen molar-refractivity contribution in [2.24, 2.45) is 5.92 Å². The lowest BCUT2D eigenvalue weighted by atomic mass is 9.97. The normalized spacial score (nSPS) is 16.8. The summed E-state index contributed by atoms with van der Waals surface area (Å²) in [7, 11) is 0. The van der Waals surface area contributed by atoms with Crippen LogP contribution >= 0.6 is 0 Å². The quantitative estimate of drug-likeness (QED) is 0.673. The number of para-hydroxylation sites is 1. The van der Waals surface area contributed by atoms with E-state index in [1.165, 1.54) is 6.07 Å². The Morgan fingerprint density at radius 1 is 1.39 bits per heavy atom. The predicted octanol–water partition coefficient (Wildman–Crippen LogP) is 1.49. The van der Waals surface area contributed by atoms with E-state index in [-0.39, 0.29) is 24.7 Å². The van der Waals surface area contributed by atoms with Crippen LogP contribution in [-0.2, 0) is 6.54 Å². The number of urea groups is 1. The molecule has 2 amide bonds. The Labute approximate surface area is 133 Å². The number of hydrogen-bond acceptors (Lipinski definition) is 3. The molecule has 6 nitrogen and oxygen atoms in total. The maximum Gasteiger partial charge on any atom is 0.315 e. The van der Waals surface area contributed by atoms with Gasteiger partial charge in [0, 0.05) is 23.5 Å². The number of aromatic nitrogens is 1. The number of nitrogens with one attached hydrogen (secondary N) is 3. The Morgan fingerprint density at radius 2 is 2.13 bits per heavy atom. The monoisotopic (exact) mass is 315 g/mol. The molecule has 1 aliphatic carbocycles. The van der Waals surface area contributed by atoms with Gasteiger partial charge in [0.15, 0.2) is 0 Å². The molecule has 3 rings (SSSR count). The molecule has 1 unspecified atom stereocenters. The summed E-state index contributed by atoms with van der Waals surface area (Å²) in [5, 5.41) is 16.1. The summed E-state index contributed by atoms with van der Waals surface area (Å²) in [6.07, 6.45) is 2.05. The molecule has 1 aromatic heterocycles. The van der Waals surface area contributed by atoms with Gasteiger partial charge in [0.25, 0.3) is 0 Å². The number of benzene rings is 1. The highest BCUT2D eigenvalue weighted by molar-refractivity contribution is 5.82. The smallest absolute Gasteiger partial charge is 0.315 e. The lowest BCUT2D eigenvalue weighted by Gasteiger charge is -2.28. The van der Waals surface area contributed by atoms with Crippen LogP contribution in [0.2, 0.25) is 0 Å². The predicted molar refractivity (Wildman–Crippen MR) is 88.2 cm³/mol. The third kappa shape index (κ3) is 3.37. The number of hydrogen-bond donors (Lipinski definition) is 4. The van der Waals surface area contributed by atoms with Gasteiger partial charge >= 0.3 is 6.03 Å². The molecule has 2 aromatic rings. The number of amides is 2. The minimum absolute atomic E-state index is 0.0843. The van der Waals surface area contributed by atoms with Crippen molar-refractivity contribution in [3.63, 3.8) is 0 Å². The number of carbonyl (C=O) groups is 1. The second-order valence-corrected chi connectivity index (χ2v) is 6.36. The molecule has 1 fully saturated rings. The van der Waals surface area contributed by atoms with Crippen LogP contribution in [0.5, 0.6) is 0 Å². The van der Waals surface area contributed by atoms with Crippen LogP contribution < -0.4 is 16.2 Å². The van der Waals surface area contributed by atoms with Crippen molar-refractivity contribution in [1.82, 2.24) is 15.6 Å². The van der Waals surface area contributed by atoms with Crippen molar-refractivity contribution in [3.05, 3.63) is 46.2 Å². The molecule has 1 atom stereocenters. The van der Waals surface area contributed by atoms with Crippen molar-refractivity contribution in [3.8, 4) is 0 Å². The highest BCUT2D eigenvalue weighted by atomic mass is 16.3. The first-order valence-electron chi connectivity index (χ1n) is 7.80. The van der Waals surface area contributed by atoms with Gasteiger partial charge < -0.3 is 20.7 Å². The number of rotatable bonds is 5. The van der Waals surface area contributed by atoms with E-state index in [2.05, 4.69) is 15.6 Å². The molecule has 0 aliphatic heterocycles. The van der Waals surface area contributed by atoms with E-state index in [1.54, 1.807) is 0 Å². The fraction of sp³-hybridized carbons (Fsp3) is 0.412. The minimum atomic E-state index is -0.583. The number of aliphatic hydroxyl groups is 1. The largest absolute Gasteiger partial charge is 0.394 e. The molecule has 0 bridgehead atoms. The number of H-pyrrole nitrogens is 1. The van der Waals surface area contributed by atoms with E-state index >= 15 is 0 Å². The lowest BCUT2D eigenvalue weighted by molar-refractivity contribution is 0.155. The van der Waals surface area contributed by atoms with Gasteiger partial charge in [-0.2, -0.15) is 0 Å². The van der Waals surface area contributed by atoms with Crippen LogP contribution in [0.1, 0.15) is 25.3 Å². The molecule has 0 saturated heterocycles. The van der Waals surface area contributed by atoms with E-state index < -0.39 is 5.54 Å². The molecule has 4 N–H and O–H groups in total. The zero-order valence-corrected chi connectivity index (χ0v) is 13.1. The van der Waals surface area contributed by atoms with Crippen LogP contribution in [-0.4, -0.2) is 28.3 Å². The van der Waals surface area contributed by atoms with Crippen LogP contribution in [0.4, 0.5) is 4.79 Å². The topological polar surface area (TPSA) is 94.2 Å². The van der Waals surface area contributed by atoms with Crippen molar-refractivity contribution in [2.75, 3.05) is 6.61 Å². The van der Waals surface area contributed by atoms with E-state index in [0.29, 0.717) is 5.92 Å². The van der Waals surface area contributed by atoms with Crippen LogP contribution in [0.25, 0.3) is 10.9 Å². The van der Waals surface area contributed by atoms with Gasteiger partial charge in [-0.3, -0.25) is 4.79 Å². The van der Waals surface area contributed by atoms with Gasteiger partial charge in [-0.15, -0.1) is 0 Å². The summed E-state index contributed by atoms with van der Waals surface area (Å²) in [5.41, 5.74) is 0.728. The van der Waals surface area contributed by atoms with Gasteiger partial charge in [-0.05, 0) is 37.3 Å². The van der Waals surface area contributed by atoms with Crippen LogP contribution in [0.3, 0.4) is 0 Å². The van der Waals surface area contributed by atoms with E-state index in [0.717, 1.165) is 29.3 Å². The summed E-state index contributed by atoms with van der Waals surface area (Å²) in [6.45, 7) is 2.02. The summed E-state index contributed by atoms with van der Waals surface area (Å²) in [4.78, 5) is 26.6. The molecular formula is C17H21N3O3. The molecule has 6 heteroatoms. The highest BCUT2D eigenvalue weighted by Crippen LogP contribution is 2.39. The second kappa shape index (κ2) is 6.04. The van der Waals surface area contributed by atoms with Crippen LogP contribution in [0.15, 0.2) is 35.1 Å². The SMILES string of the molecule is CC(CO)(NC(=O)NCc1cc(=O)[nH]c2ccccc12)C1CC1. The van der Waals surface area contributed by atoms with E-state index in [9.17, 15) is 14.7 Å². The maximum absolute atomic E-state index is 12.1. The number of fused-ring (bicyclic) bond motifs is 1. The average Bonchev–Trinajstić information content (AvgIpc) is 3.37. The molecule has 1 aliphatic rings. The third-order valence-corrected chi connectivity index (χ3v) is 4.48. The van der Waals surface area contributed by atoms with Crippen LogP contribution in [0, 0.1) is 5.92 Å². The Balaban J connectivity index is 1.71. The van der Waals surface area contributed by atoms with E-state index in [1.807, 2.05) is 31.2 Å². The Hall–Kier alpha value is -2.34. The zero-order chi connectivity index (χ0) is 16.4. The molecule has 1 aromatic carbocycles. The molecule has 23 heavy (non-hydrogen) atoms. The van der Waals surface area contributed by atoms with Gasteiger partial charge in [0.1, 0.15) is 0 Å². The average molecular weight is 315 g/mol. The molecular weight excluding hydrogens is 294 g/mol. The first-order valence-corrected chi connectivity index (χ1v) is 7.80. The van der Waals surface area contributed by atoms with Crippen molar-refractivity contribution in [2.45, 2.75) is 31.8 Å². The fourth-order valence-corrected chi connectivity index (χ4v) is 2.89. The highest BCUT2D eigenvalue weighted by Gasteiger charge is 2.42. The number of aliphatic hydroxyl groups excluding tert-OH is 1. The third-order valence-electron chi connectivity index (χ3n) is 4.48. The van der Waals surface area contributed by atoms with Crippen molar-refractivity contribution < 1.29 is 9.90 Å². The molecule has 122 valence electrons. The number of aromatic amines is 1. The Bertz CT molecular complexity index is 782. The zero-order valence-electron chi connectivity index (χ0n) is 13.1. The maximum atomic E-state index is 12.1. The number of pyridine rings is 1. The fourth-order valence-electron chi connectivity index (χ4n) is 2.89. The van der Waals surface area contributed by atoms with Gasteiger partial charge in [0.05, 0.1) is 12.1 Å². The number of carbonyl (C=O) groups excluding carboxylic acids is 1. The van der Waals surface area contributed by atoms with E-state index in [4.69, 9.17) is 0 Å². The summed E-state index contributed by atoms with van der Waals surface area (Å²) in [5.74, 6) is 0.332. The Morgan fingerprint density at radius 3 is 2.83 bits per heavy atom. The molecule has 0 spiro atoms. The molecule has 1 heterocycles. The minimum Gasteiger partial charge on any atom is -0.394 e. The van der Waals surface area contributed by atoms with Gasteiger partial charge in [-0.1, -0.05) is 18.2 Å². The Kier molecular flexibility index (Phi) is 4.09. The molecule has 0 radical (unpaired) electrons. The summed E-state index contributed by atoms with van der Waals surface area (Å²) >= 11 is 0. The second-order valence-electron chi connectivity index (χ2n) is 6.36.